The lowest BCUT2D eigenvalue weighted by atomic mass is 10.1. The molecule has 0 bridgehead atoms. The van der Waals surface area contributed by atoms with Crippen molar-refractivity contribution in [3.63, 3.8) is 0 Å². The van der Waals surface area contributed by atoms with Crippen LogP contribution in [0.4, 0.5) is 10.1 Å². The number of hydrogen-bond acceptors (Lipinski definition) is 4. The summed E-state index contributed by atoms with van der Waals surface area (Å²) in [7, 11) is 0. The highest BCUT2D eigenvalue weighted by atomic mass is 19.1. The van der Waals surface area contributed by atoms with Crippen molar-refractivity contribution in [2.75, 3.05) is 11.9 Å². The average Bonchev–Trinajstić information content (AvgIpc) is 2.51. The number of aromatic hydroxyl groups is 1. The number of halogens is 1. The van der Waals surface area contributed by atoms with E-state index in [0.717, 1.165) is 5.56 Å². The van der Waals surface area contributed by atoms with Crippen LogP contribution in [0, 0.1) is 19.7 Å². The van der Waals surface area contributed by atoms with Gasteiger partial charge in [-0.15, -0.1) is 0 Å². The summed E-state index contributed by atoms with van der Waals surface area (Å²) >= 11 is 0. The van der Waals surface area contributed by atoms with Crippen molar-refractivity contribution in [3.05, 3.63) is 58.9 Å². The van der Waals surface area contributed by atoms with Gasteiger partial charge < -0.3 is 15.2 Å². The highest BCUT2D eigenvalue weighted by molar-refractivity contribution is 5.96. The summed E-state index contributed by atoms with van der Waals surface area (Å²) in [6.45, 7) is 2.83. The summed E-state index contributed by atoms with van der Waals surface area (Å²) in [5.74, 6) is -2.07. The van der Waals surface area contributed by atoms with Crippen LogP contribution in [0.1, 0.15) is 21.5 Å². The third-order valence-corrected chi connectivity index (χ3v) is 3.16. The summed E-state index contributed by atoms with van der Waals surface area (Å²) < 4.78 is 18.2. The van der Waals surface area contributed by atoms with Crippen molar-refractivity contribution in [3.8, 4) is 5.75 Å². The van der Waals surface area contributed by atoms with Gasteiger partial charge in [-0.25, -0.2) is 9.18 Å². The third-order valence-electron chi connectivity index (χ3n) is 3.16. The first kappa shape index (κ1) is 16.5. The predicted molar refractivity (Wildman–Crippen MR) is 82.9 cm³/mol. The Hall–Kier alpha value is -2.89. The predicted octanol–water partition coefficient (Wildman–Crippen LogP) is 2.94. The van der Waals surface area contributed by atoms with Crippen molar-refractivity contribution in [1.82, 2.24) is 0 Å². The van der Waals surface area contributed by atoms with Crippen LogP contribution in [0.3, 0.4) is 0 Å². The van der Waals surface area contributed by atoms with Gasteiger partial charge >= 0.3 is 5.97 Å². The standard InChI is InChI=1S/C17H16FNO4/c1-10-3-6-15(20)13(7-10)17(22)23-9-16(21)19-12-5-4-11(2)14(18)8-12/h3-8,20H,9H2,1-2H3,(H,19,21). The van der Waals surface area contributed by atoms with Crippen molar-refractivity contribution in [2.24, 2.45) is 0 Å². The van der Waals surface area contributed by atoms with Gasteiger partial charge in [0.2, 0.25) is 0 Å². The van der Waals surface area contributed by atoms with Crippen LogP contribution in [0.2, 0.25) is 0 Å². The van der Waals surface area contributed by atoms with Crippen LogP contribution in [0.15, 0.2) is 36.4 Å². The van der Waals surface area contributed by atoms with Crippen molar-refractivity contribution >= 4 is 17.6 Å². The second-order valence-electron chi connectivity index (χ2n) is 5.11. The number of phenols is 1. The van der Waals surface area contributed by atoms with E-state index in [2.05, 4.69) is 5.32 Å². The molecule has 0 aliphatic rings. The zero-order chi connectivity index (χ0) is 17.0. The monoisotopic (exact) mass is 317 g/mol. The summed E-state index contributed by atoms with van der Waals surface area (Å²) in [5.41, 5.74) is 1.49. The van der Waals surface area contributed by atoms with Crippen LogP contribution in [-0.2, 0) is 9.53 Å². The number of rotatable bonds is 4. The Balaban J connectivity index is 1.94. The minimum Gasteiger partial charge on any atom is -0.507 e. The molecule has 2 aromatic rings. The molecule has 0 aromatic heterocycles. The van der Waals surface area contributed by atoms with E-state index in [4.69, 9.17) is 4.74 Å². The molecule has 2 rings (SSSR count). The molecule has 0 saturated heterocycles. The number of carbonyl (C=O) groups excluding carboxylic acids is 2. The van der Waals surface area contributed by atoms with Crippen molar-refractivity contribution in [2.45, 2.75) is 13.8 Å². The Kier molecular flexibility index (Phi) is 4.95. The number of carbonyl (C=O) groups is 2. The lowest BCUT2D eigenvalue weighted by Gasteiger charge is -2.08. The molecule has 0 aliphatic carbocycles. The van der Waals surface area contributed by atoms with Crippen molar-refractivity contribution in [1.29, 1.82) is 0 Å². The molecule has 23 heavy (non-hydrogen) atoms. The molecule has 0 unspecified atom stereocenters. The Bertz CT molecular complexity index is 758. The van der Waals surface area contributed by atoms with Crippen LogP contribution in [0.5, 0.6) is 5.75 Å². The normalized spacial score (nSPS) is 10.2. The van der Waals surface area contributed by atoms with Gasteiger partial charge in [0.05, 0.1) is 0 Å². The van der Waals surface area contributed by atoms with Crippen LogP contribution in [-0.4, -0.2) is 23.6 Å². The second-order valence-corrected chi connectivity index (χ2v) is 5.11. The maximum absolute atomic E-state index is 13.4. The minimum absolute atomic E-state index is 0.0146. The van der Waals surface area contributed by atoms with E-state index in [1.165, 1.54) is 24.3 Å². The summed E-state index contributed by atoms with van der Waals surface area (Å²) in [6, 6.07) is 8.74. The van der Waals surface area contributed by atoms with E-state index in [0.29, 0.717) is 5.56 Å². The van der Waals surface area contributed by atoms with Crippen molar-refractivity contribution < 1.29 is 23.8 Å². The molecule has 0 aliphatic heterocycles. The molecular weight excluding hydrogens is 301 g/mol. The average molecular weight is 317 g/mol. The van der Waals surface area contributed by atoms with Gasteiger partial charge in [-0.05, 0) is 43.7 Å². The van der Waals surface area contributed by atoms with E-state index < -0.39 is 24.3 Å². The number of anilines is 1. The number of nitrogens with one attached hydrogen (secondary N) is 1. The van der Waals surface area contributed by atoms with E-state index in [1.807, 2.05) is 0 Å². The number of aryl methyl sites for hydroxylation is 2. The fourth-order valence-electron chi connectivity index (χ4n) is 1.89. The first-order valence-electron chi connectivity index (χ1n) is 6.89. The van der Waals surface area contributed by atoms with Gasteiger partial charge in [-0.2, -0.15) is 0 Å². The second kappa shape index (κ2) is 6.91. The van der Waals surface area contributed by atoms with E-state index in [9.17, 15) is 19.1 Å². The molecular formula is C17H16FNO4. The Morgan fingerprint density at radius 3 is 2.61 bits per heavy atom. The number of ether oxygens (including phenoxy) is 1. The number of hydrogen-bond donors (Lipinski definition) is 2. The van der Waals surface area contributed by atoms with Gasteiger partial charge in [-0.1, -0.05) is 17.7 Å². The van der Waals surface area contributed by atoms with Gasteiger partial charge in [0.15, 0.2) is 6.61 Å². The molecule has 120 valence electrons. The number of phenolic OH excluding ortho intramolecular Hbond substituents is 1. The van der Waals surface area contributed by atoms with Crippen LogP contribution >= 0.6 is 0 Å². The molecule has 0 heterocycles. The Morgan fingerprint density at radius 1 is 1.17 bits per heavy atom. The third kappa shape index (κ3) is 4.29. The zero-order valence-corrected chi connectivity index (χ0v) is 12.7. The van der Waals surface area contributed by atoms with E-state index >= 15 is 0 Å². The van der Waals surface area contributed by atoms with Gasteiger partial charge in [0, 0.05) is 5.69 Å². The molecule has 0 radical (unpaired) electrons. The smallest absolute Gasteiger partial charge is 0.342 e. The molecule has 2 aromatic carbocycles. The van der Waals surface area contributed by atoms with E-state index in [1.54, 1.807) is 26.0 Å². The fraction of sp³-hybridized carbons (Fsp3) is 0.176. The molecule has 0 saturated carbocycles. The van der Waals surface area contributed by atoms with Gasteiger partial charge in [-0.3, -0.25) is 4.79 Å². The number of benzene rings is 2. The first-order chi connectivity index (χ1) is 10.9. The summed E-state index contributed by atoms with van der Waals surface area (Å²) in [5, 5.41) is 12.0. The number of amides is 1. The summed E-state index contributed by atoms with van der Waals surface area (Å²) in [6.07, 6.45) is 0. The van der Waals surface area contributed by atoms with Gasteiger partial charge in [0.25, 0.3) is 5.91 Å². The Morgan fingerprint density at radius 2 is 1.91 bits per heavy atom. The molecule has 0 atom stereocenters. The lowest BCUT2D eigenvalue weighted by Crippen LogP contribution is -2.21. The highest BCUT2D eigenvalue weighted by Crippen LogP contribution is 2.19. The molecule has 1 amide bonds. The Labute approximate surface area is 132 Å². The van der Waals surface area contributed by atoms with Gasteiger partial charge in [0.1, 0.15) is 17.1 Å². The largest absolute Gasteiger partial charge is 0.507 e. The molecule has 5 nitrogen and oxygen atoms in total. The van der Waals surface area contributed by atoms with Crippen LogP contribution < -0.4 is 5.32 Å². The van der Waals surface area contributed by atoms with E-state index in [-0.39, 0.29) is 17.0 Å². The lowest BCUT2D eigenvalue weighted by molar-refractivity contribution is -0.119. The first-order valence-corrected chi connectivity index (χ1v) is 6.89. The molecule has 6 heteroatoms. The molecule has 2 N–H and O–H groups in total. The SMILES string of the molecule is Cc1ccc(O)c(C(=O)OCC(=O)Nc2ccc(C)c(F)c2)c1. The quantitative estimate of drug-likeness (QED) is 0.850. The topological polar surface area (TPSA) is 75.6 Å². The summed E-state index contributed by atoms with van der Waals surface area (Å²) in [4.78, 5) is 23.6. The maximum atomic E-state index is 13.4. The fourth-order valence-corrected chi connectivity index (χ4v) is 1.89. The minimum atomic E-state index is -0.809. The maximum Gasteiger partial charge on any atom is 0.342 e. The zero-order valence-electron chi connectivity index (χ0n) is 12.7. The number of esters is 1. The molecule has 0 spiro atoms. The van der Waals surface area contributed by atoms with Crippen LogP contribution in [0.25, 0.3) is 0 Å². The highest BCUT2D eigenvalue weighted by Gasteiger charge is 2.15. The molecule has 0 fully saturated rings.